The van der Waals surface area contributed by atoms with Gasteiger partial charge < -0.3 is 10.4 Å². The second-order valence-electron chi connectivity index (χ2n) is 4.79. The van der Waals surface area contributed by atoms with Crippen molar-refractivity contribution in [1.29, 1.82) is 0 Å². The van der Waals surface area contributed by atoms with Gasteiger partial charge in [-0.2, -0.15) is 0 Å². The summed E-state index contributed by atoms with van der Waals surface area (Å²) in [5.74, 6) is -0.308. The summed E-state index contributed by atoms with van der Waals surface area (Å²) in [5.41, 5.74) is -0.606. The summed E-state index contributed by atoms with van der Waals surface area (Å²) in [5, 5.41) is 11.6. The summed E-state index contributed by atoms with van der Waals surface area (Å²) in [6.07, 6.45) is 1.54. The Hall–Kier alpha value is -1.06. The van der Waals surface area contributed by atoms with E-state index in [1.54, 1.807) is 6.92 Å². The molecule has 0 heterocycles. The Labute approximate surface area is 90.0 Å². The van der Waals surface area contributed by atoms with Gasteiger partial charge in [-0.15, -0.1) is 0 Å². The molecule has 3 atom stereocenters. The molecule has 15 heavy (non-hydrogen) atoms. The van der Waals surface area contributed by atoms with Crippen LogP contribution in [0.4, 0.5) is 0 Å². The SMILES string of the molecule is CC[C@](C)(CC(=O)O)NC(=O)[C@H]1C[C@H]1C. The van der Waals surface area contributed by atoms with Crippen molar-refractivity contribution in [2.45, 2.75) is 45.6 Å². The molecule has 0 aromatic rings. The molecule has 0 aromatic heterocycles. The highest BCUT2D eigenvalue weighted by Gasteiger charge is 2.41. The smallest absolute Gasteiger partial charge is 0.305 e. The summed E-state index contributed by atoms with van der Waals surface area (Å²) >= 11 is 0. The lowest BCUT2D eigenvalue weighted by molar-refractivity contribution is -0.139. The summed E-state index contributed by atoms with van der Waals surface area (Å²) in [7, 11) is 0. The van der Waals surface area contributed by atoms with Gasteiger partial charge in [-0.05, 0) is 25.7 Å². The summed E-state index contributed by atoms with van der Waals surface area (Å²) in [6, 6.07) is 0. The van der Waals surface area contributed by atoms with Gasteiger partial charge in [0.05, 0.1) is 6.42 Å². The Balaban J connectivity index is 2.51. The van der Waals surface area contributed by atoms with Gasteiger partial charge in [0.15, 0.2) is 0 Å². The number of hydrogen-bond acceptors (Lipinski definition) is 2. The highest BCUT2D eigenvalue weighted by atomic mass is 16.4. The lowest BCUT2D eigenvalue weighted by Gasteiger charge is -2.28. The second-order valence-corrected chi connectivity index (χ2v) is 4.79. The van der Waals surface area contributed by atoms with E-state index >= 15 is 0 Å². The number of aliphatic carboxylic acids is 1. The van der Waals surface area contributed by atoms with Gasteiger partial charge in [0.25, 0.3) is 0 Å². The molecule has 1 fully saturated rings. The van der Waals surface area contributed by atoms with Crippen molar-refractivity contribution in [3.05, 3.63) is 0 Å². The number of carboxylic acids is 1. The molecule has 0 aliphatic heterocycles. The van der Waals surface area contributed by atoms with Crippen LogP contribution in [-0.4, -0.2) is 22.5 Å². The number of amides is 1. The number of rotatable bonds is 5. The molecule has 0 radical (unpaired) electrons. The zero-order valence-corrected chi connectivity index (χ0v) is 9.54. The molecular weight excluding hydrogens is 194 g/mol. The average molecular weight is 213 g/mol. The molecule has 4 heteroatoms. The summed E-state index contributed by atoms with van der Waals surface area (Å²) in [6.45, 7) is 5.70. The van der Waals surface area contributed by atoms with Crippen LogP contribution in [0.15, 0.2) is 0 Å². The molecule has 1 amide bonds. The van der Waals surface area contributed by atoms with Crippen LogP contribution in [0.1, 0.15) is 40.0 Å². The fourth-order valence-corrected chi connectivity index (χ4v) is 1.67. The maximum absolute atomic E-state index is 11.7. The largest absolute Gasteiger partial charge is 0.481 e. The quantitative estimate of drug-likeness (QED) is 0.725. The minimum absolute atomic E-state index is 0.00750. The van der Waals surface area contributed by atoms with Crippen LogP contribution in [0.25, 0.3) is 0 Å². The number of nitrogens with one attached hydrogen (secondary N) is 1. The van der Waals surface area contributed by atoms with E-state index in [0.717, 1.165) is 6.42 Å². The van der Waals surface area contributed by atoms with Crippen molar-refractivity contribution in [3.63, 3.8) is 0 Å². The minimum Gasteiger partial charge on any atom is -0.481 e. The Morgan fingerprint density at radius 3 is 2.40 bits per heavy atom. The first-order valence-corrected chi connectivity index (χ1v) is 5.42. The lowest BCUT2D eigenvalue weighted by atomic mass is 9.94. The maximum Gasteiger partial charge on any atom is 0.305 e. The molecular formula is C11H19NO3. The van der Waals surface area contributed by atoms with E-state index in [-0.39, 0.29) is 18.2 Å². The molecule has 0 aromatic carbocycles. The first-order chi connectivity index (χ1) is 6.88. The van der Waals surface area contributed by atoms with Crippen molar-refractivity contribution in [2.75, 3.05) is 0 Å². The van der Waals surface area contributed by atoms with Crippen molar-refractivity contribution in [2.24, 2.45) is 11.8 Å². The summed E-state index contributed by atoms with van der Waals surface area (Å²) in [4.78, 5) is 22.3. The molecule has 1 aliphatic carbocycles. The average Bonchev–Trinajstić information content (AvgIpc) is 2.81. The Morgan fingerprint density at radius 1 is 1.53 bits per heavy atom. The molecule has 1 saturated carbocycles. The van der Waals surface area contributed by atoms with Crippen LogP contribution in [0.3, 0.4) is 0 Å². The Morgan fingerprint density at radius 2 is 2.07 bits per heavy atom. The van der Waals surface area contributed by atoms with Crippen LogP contribution in [-0.2, 0) is 9.59 Å². The van der Waals surface area contributed by atoms with Gasteiger partial charge in [0.2, 0.25) is 5.91 Å². The van der Waals surface area contributed by atoms with Gasteiger partial charge in [-0.1, -0.05) is 13.8 Å². The highest BCUT2D eigenvalue weighted by molar-refractivity contribution is 5.82. The van der Waals surface area contributed by atoms with Gasteiger partial charge in [-0.25, -0.2) is 0 Å². The van der Waals surface area contributed by atoms with Crippen molar-refractivity contribution >= 4 is 11.9 Å². The van der Waals surface area contributed by atoms with Crippen LogP contribution >= 0.6 is 0 Å². The normalized spacial score (nSPS) is 27.9. The van der Waals surface area contributed by atoms with Gasteiger partial charge in [0, 0.05) is 11.5 Å². The van der Waals surface area contributed by atoms with Crippen molar-refractivity contribution < 1.29 is 14.7 Å². The van der Waals surface area contributed by atoms with Gasteiger partial charge in [-0.3, -0.25) is 9.59 Å². The molecule has 0 saturated heterocycles. The zero-order valence-electron chi connectivity index (χ0n) is 9.54. The van der Waals surface area contributed by atoms with Crippen LogP contribution in [0, 0.1) is 11.8 Å². The number of carboxylic acid groups (broad SMARTS) is 1. The standard InChI is InChI=1S/C11H19NO3/c1-4-11(3,6-9(13)14)12-10(15)8-5-7(8)2/h7-8H,4-6H2,1-3H3,(H,12,15)(H,13,14)/t7-,8+,11-/m1/s1. The maximum atomic E-state index is 11.7. The van der Waals surface area contributed by atoms with E-state index in [1.807, 2.05) is 13.8 Å². The topological polar surface area (TPSA) is 66.4 Å². The molecule has 1 rings (SSSR count). The highest BCUT2D eigenvalue weighted by Crippen LogP contribution is 2.38. The van der Waals surface area contributed by atoms with E-state index in [4.69, 9.17) is 5.11 Å². The molecule has 0 unspecified atom stereocenters. The monoisotopic (exact) mass is 213 g/mol. The molecule has 2 N–H and O–H groups in total. The zero-order chi connectivity index (χ0) is 11.6. The molecule has 0 spiro atoms. The molecule has 0 bridgehead atoms. The second kappa shape index (κ2) is 4.21. The van der Waals surface area contributed by atoms with Crippen LogP contribution in [0.2, 0.25) is 0 Å². The number of hydrogen-bond donors (Lipinski definition) is 2. The third-order valence-corrected chi connectivity index (χ3v) is 3.19. The van der Waals surface area contributed by atoms with E-state index in [2.05, 4.69) is 5.32 Å². The third kappa shape index (κ3) is 3.22. The van der Waals surface area contributed by atoms with Gasteiger partial charge >= 0.3 is 5.97 Å². The first kappa shape index (κ1) is 12.0. The number of carbonyl (C=O) groups excluding carboxylic acids is 1. The minimum atomic E-state index is -0.872. The van der Waals surface area contributed by atoms with E-state index in [1.165, 1.54) is 0 Å². The van der Waals surface area contributed by atoms with E-state index < -0.39 is 11.5 Å². The van der Waals surface area contributed by atoms with Crippen molar-refractivity contribution in [1.82, 2.24) is 5.32 Å². The Kier molecular flexibility index (Phi) is 3.37. The number of carbonyl (C=O) groups is 2. The fourth-order valence-electron chi connectivity index (χ4n) is 1.67. The van der Waals surface area contributed by atoms with E-state index in [0.29, 0.717) is 12.3 Å². The Bertz CT molecular complexity index is 277. The predicted octanol–water partition coefficient (Wildman–Crippen LogP) is 1.40. The third-order valence-electron chi connectivity index (χ3n) is 3.19. The van der Waals surface area contributed by atoms with Gasteiger partial charge in [0.1, 0.15) is 0 Å². The fraction of sp³-hybridized carbons (Fsp3) is 0.818. The lowest BCUT2D eigenvalue weighted by Crippen LogP contribution is -2.47. The molecule has 1 aliphatic rings. The van der Waals surface area contributed by atoms with E-state index in [9.17, 15) is 9.59 Å². The molecule has 4 nitrogen and oxygen atoms in total. The predicted molar refractivity (Wildman–Crippen MR) is 56.4 cm³/mol. The summed E-state index contributed by atoms with van der Waals surface area (Å²) < 4.78 is 0. The van der Waals surface area contributed by atoms with Crippen molar-refractivity contribution in [3.8, 4) is 0 Å². The van der Waals surface area contributed by atoms with Crippen LogP contribution in [0.5, 0.6) is 0 Å². The van der Waals surface area contributed by atoms with Crippen LogP contribution < -0.4 is 5.32 Å². The molecule has 86 valence electrons. The first-order valence-electron chi connectivity index (χ1n) is 5.42.